The number of likely N-dealkylation sites (tertiary alicyclic amines) is 1. The molecule has 1 unspecified atom stereocenters. The van der Waals surface area contributed by atoms with Crippen molar-refractivity contribution in [1.82, 2.24) is 4.90 Å². The van der Waals surface area contributed by atoms with Crippen LogP contribution >= 0.6 is 0 Å². The van der Waals surface area contributed by atoms with Crippen LogP contribution in [0.5, 0.6) is 0 Å². The SMILES string of the molecule is CCC.CCCC1CCN(C)C1. The molecule has 0 amide bonds. The van der Waals surface area contributed by atoms with E-state index in [-0.39, 0.29) is 0 Å². The molecule has 1 fully saturated rings. The van der Waals surface area contributed by atoms with Gasteiger partial charge in [0.25, 0.3) is 0 Å². The zero-order chi connectivity index (χ0) is 9.40. The van der Waals surface area contributed by atoms with Crippen LogP contribution in [0.1, 0.15) is 46.5 Å². The highest BCUT2D eigenvalue weighted by Gasteiger charge is 2.17. The van der Waals surface area contributed by atoms with Gasteiger partial charge in [-0.3, -0.25) is 0 Å². The summed E-state index contributed by atoms with van der Waals surface area (Å²) in [6.07, 6.45) is 5.48. The Balaban J connectivity index is 0.000000354. The van der Waals surface area contributed by atoms with Crippen LogP contribution in [-0.2, 0) is 0 Å². The van der Waals surface area contributed by atoms with Gasteiger partial charge in [0.1, 0.15) is 0 Å². The smallest absolute Gasteiger partial charge is 0.000708 e. The van der Waals surface area contributed by atoms with Crippen molar-refractivity contribution in [2.75, 3.05) is 20.1 Å². The summed E-state index contributed by atoms with van der Waals surface area (Å²) >= 11 is 0. The van der Waals surface area contributed by atoms with Crippen LogP contribution in [0, 0.1) is 5.92 Å². The molecule has 0 spiro atoms. The Morgan fingerprint density at radius 1 is 1.25 bits per heavy atom. The van der Waals surface area contributed by atoms with Crippen molar-refractivity contribution in [2.45, 2.75) is 46.5 Å². The largest absolute Gasteiger partial charge is 0.306 e. The van der Waals surface area contributed by atoms with Crippen LogP contribution in [0.25, 0.3) is 0 Å². The van der Waals surface area contributed by atoms with E-state index in [0.29, 0.717) is 0 Å². The third-order valence-corrected chi connectivity index (χ3v) is 2.19. The summed E-state index contributed by atoms with van der Waals surface area (Å²) in [6.45, 7) is 9.19. The summed E-state index contributed by atoms with van der Waals surface area (Å²) in [4.78, 5) is 2.43. The normalized spacial score (nSPS) is 23.5. The summed E-state index contributed by atoms with van der Waals surface area (Å²) in [5.41, 5.74) is 0. The Morgan fingerprint density at radius 3 is 2.17 bits per heavy atom. The molecule has 0 saturated carbocycles. The van der Waals surface area contributed by atoms with Crippen LogP contribution < -0.4 is 0 Å². The van der Waals surface area contributed by atoms with Crippen LogP contribution in [0.4, 0.5) is 0 Å². The van der Waals surface area contributed by atoms with Crippen molar-refractivity contribution in [3.63, 3.8) is 0 Å². The second-order valence-electron chi connectivity index (χ2n) is 3.91. The lowest BCUT2D eigenvalue weighted by Gasteiger charge is -2.07. The summed E-state index contributed by atoms with van der Waals surface area (Å²) < 4.78 is 0. The van der Waals surface area contributed by atoms with E-state index >= 15 is 0 Å². The Bertz CT molecular complexity index is 89.0. The Morgan fingerprint density at radius 2 is 1.83 bits per heavy atom. The molecule has 12 heavy (non-hydrogen) atoms. The van der Waals surface area contributed by atoms with Crippen molar-refractivity contribution in [2.24, 2.45) is 5.92 Å². The first-order valence-electron chi connectivity index (χ1n) is 5.43. The molecule has 1 atom stereocenters. The summed E-state index contributed by atoms with van der Waals surface area (Å²) in [6, 6.07) is 0. The minimum Gasteiger partial charge on any atom is -0.306 e. The van der Waals surface area contributed by atoms with Crippen LogP contribution in [0.3, 0.4) is 0 Å². The minimum atomic E-state index is 1.01. The van der Waals surface area contributed by atoms with Crippen LogP contribution in [0.2, 0.25) is 0 Å². The molecule has 1 rings (SSSR count). The molecule has 0 aromatic heterocycles. The third-order valence-electron chi connectivity index (χ3n) is 2.19. The molecular formula is C11H25N. The van der Waals surface area contributed by atoms with Gasteiger partial charge < -0.3 is 4.90 Å². The Kier molecular flexibility index (Phi) is 7.58. The number of hydrogen-bond acceptors (Lipinski definition) is 1. The highest BCUT2D eigenvalue weighted by atomic mass is 15.1. The highest BCUT2D eigenvalue weighted by Crippen LogP contribution is 2.18. The van der Waals surface area contributed by atoms with E-state index in [1.165, 1.54) is 38.8 Å². The van der Waals surface area contributed by atoms with Gasteiger partial charge in [-0.1, -0.05) is 33.6 Å². The molecule has 1 heteroatoms. The zero-order valence-electron chi connectivity index (χ0n) is 9.27. The molecule has 74 valence electrons. The lowest BCUT2D eigenvalue weighted by molar-refractivity contribution is 0.387. The molecule has 0 aromatic rings. The van der Waals surface area contributed by atoms with Crippen molar-refractivity contribution in [3.05, 3.63) is 0 Å². The predicted octanol–water partition coefficient (Wildman–Crippen LogP) is 3.15. The van der Waals surface area contributed by atoms with E-state index in [9.17, 15) is 0 Å². The number of hydrogen-bond donors (Lipinski definition) is 0. The summed E-state index contributed by atoms with van der Waals surface area (Å²) in [5, 5.41) is 0. The first-order valence-corrected chi connectivity index (χ1v) is 5.43. The maximum atomic E-state index is 2.43. The van der Waals surface area contributed by atoms with Gasteiger partial charge in [-0.2, -0.15) is 0 Å². The lowest BCUT2D eigenvalue weighted by atomic mass is 10.0. The predicted molar refractivity (Wildman–Crippen MR) is 56.5 cm³/mol. The van der Waals surface area contributed by atoms with Gasteiger partial charge in [-0.05, 0) is 32.4 Å². The maximum absolute atomic E-state index is 2.43. The van der Waals surface area contributed by atoms with Gasteiger partial charge in [0.2, 0.25) is 0 Å². The highest BCUT2D eigenvalue weighted by molar-refractivity contribution is 4.71. The van der Waals surface area contributed by atoms with Gasteiger partial charge in [-0.25, -0.2) is 0 Å². The standard InChI is InChI=1S/C8H17N.C3H8/c1-3-4-8-5-6-9(2)7-8;1-3-2/h8H,3-7H2,1-2H3;3H2,1-2H3. The molecule has 1 saturated heterocycles. The molecule has 0 N–H and O–H groups in total. The first kappa shape index (κ1) is 12.0. The third kappa shape index (κ3) is 5.59. The van der Waals surface area contributed by atoms with Crippen molar-refractivity contribution >= 4 is 0 Å². The van der Waals surface area contributed by atoms with E-state index in [1.54, 1.807) is 0 Å². The lowest BCUT2D eigenvalue weighted by Crippen LogP contribution is -2.13. The molecule has 0 aromatic carbocycles. The Labute approximate surface area is 78.1 Å². The fourth-order valence-electron chi connectivity index (χ4n) is 1.67. The van der Waals surface area contributed by atoms with E-state index in [4.69, 9.17) is 0 Å². The van der Waals surface area contributed by atoms with Crippen LogP contribution in [-0.4, -0.2) is 25.0 Å². The molecule has 1 aliphatic heterocycles. The van der Waals surface area contributed by atoms with Crippen molar-refractivity contribution in [1.29, 1.82) is 0 Å². The second kappa shape index (κ2) is 7.60. The number of rotatable bonds is 2. The zero-order valence-corrected chi connectivity index (χ0v) is 9.27. The molecular weight excluding hydrogens is 146 g/mol. The molecule has 1 aliphatic rings. The van der Waals surface area contributed by atoms with Crippen molar-refractivity contribution in [3.8, 4) is 0 Å². The van der Waals surface area contributed by atoms with Crippen molar-refractivity contribution < 1.29 is 0 Å². The Hall–Kier alpha value is -0.0400. The fraction of sp³-hybridized carbons (Fsp3) is 1.00. The second-order valence-corrected chi connectivity index (χ2v) is 3.91. The number of nitrogens with zero attached hydrogens (tertiary/aromatic N) is 1. The quantitative estimate of drug-likeness (QED) is 0.617. The minimum absolute atomic E-state index is 1.01. The molecule has 0 radical (unpaired) electrons. The van der Waals surface area contributed by atoms with E-state index in [2.05, 4.69) is 32.7 Å². The summed E-state index contributed by atoms with van der Waals surface area (Å²) in [7, 11) is 2.22. The van der Waals surface area contributed by atoms with E-state index in [0.717, 1.165) is 5.92 Å². The topological polar surface area (TPSA) is 3.24 Å². The first-order chi connectivity index (χ1) is 5.74. The molecule has 1 heterocycles. The van der Waals surface area contributed by atoms with E-state index in [1.807, 2.05) is 0 Å². The molecule has 1 nitrogen and oxygen atoms in total. The molecule has 0 bridgehead atoms. The average Bonchev–Trinajstić information content (AvgIpc) is 2.38. The van der Waals surface area contributed by atoms with Gasteiger partial charge in [-0.15, -0.1) is 0 Å². The van der Waals surface area contributed by atoms with Gasteiger partial charge in [0.15, 0.2) is 0 Å². The summed E-state index contributed by atoms with van der Waals surface area (Å²) in [5.74, 6) is 1.01. The maximum Gasteiger partial charge on any atom is 0.000708 e. The van der Waals surface area contributed by atoms with Gasteiger partial charge in [0, 0.05) is 6.54 Å². The van der Waals surface area contributed by atoms with Gasteiger partial charge in [0.05, 0.1) is 0 Å². The average molecular weight is 171 g/mol. The van der Waals surface area contributed by atoms with E-state index < -0.39 is 0 Å². The monoisotopic (exact) mass is 171 g/mol. The van der Waals surface area contributed by atoms with Gasteiger partial charge >= 0.3 is 0 Å². The molecule has 0 aliphatic carbocycles. The fourth-order valence-corrected chi connectivity index (χ4v) is 1.67. The van der Waals surface area contributed by atoms with Crippen LogP contribution in [0.15, 0.2) is 0 Å².